The van der Waals surface area contributed by atoms with Crippen molar-refractivity contribution in [3.05, 3.63) is 152 Å². The van der Waals surface area contributed by atoms with Crippen LogP contribution in [0.3, 0.4) is 0 Å². The molecule has 0 aliphatic carbocycles. The van der Waals surface area contributed by atoms with Gasteiger partial charge in [0.25, 0.3) is 0 Å². The summed E-state index contributed by atoms with van der Waals surface area (Å²) >= 11 is 0. The van der Waals surface area contributed by atoms with Gasteiger partial charge in [-0.2, -0.15) is 0 Å². The number of furan rings is 1. The second-order valence-electron chi connectivity index (χ2n) is 12.2. The number of nitrogens with zero attached hydrogens (tertiary/aromatic N) is 3. The van der Waals surface area contributed by atoms with Crippen molar-refractivity contribution in [3.8, 4) is 0 Å². The topological polar surface area (TPSA) is 25.2 Å². The summed E-state index contributed by atoms with van der Waals surface area (Å²) in [4.78, 5) is 2.33. The van der Waals surface area contributed by atoms with E-state index in [1.54, 1.807) is 0 Å². The van der Waals surface area contributed by atoms with Crippen LogP contribution in [-0.2, 0) is 0 Å². The fourth-order valence-electron chi connectivity index (χ4n) is 7.90. The van der Waals surface area contributed by atoms with Crippen molar-refractivity contribution < 1.29 is 4.42 Å². The van der Waals surface area contributed by atoms with E-state index in [-0.39, 0.29) is 0 Å². The van der Waals surface area contributed by atoms with E-state index >= 15 is 0 Å². The average Bonchev–Trinajstić information content (AvgIpc) is 3.77. The standard InChI is InChI=1S/C42H25N3O/c1-2-10-26(11-3-1)43(28-18-20-32-31-14-6-9-17-39(31)46-40(32)25-28)27-19-23-37-38(24-27)45-36-16-8-5-13-30(36)34-22-21-33-29-12-4-7-15-35(29)44(37)41(33)42(34)45/h1-25H. The van der Waals surface area contributed by atoms with Crippen molar-refractivity contribution >= 4 is 93.6 Å². The van der Waals surface area contributed by atoms with Gasteiger partial charge in [0.2, 0.25) is 0 Å². The van der Waals surface area contributed by atoms with Crippen LogP contribution in [0, 0.1) is 0 Å². The average molecular weight is 588 g/mol. The number of hydrogen-bond donors (Lipinski definition) is 0. The zero-order valence-electron chi connectivity index (χ0n) is 24.7. The predicted molar refractivity (Wildman–Crippen MR) is 192 cm³/mol. The van der Waals surface area contributed by atoms with Crippen molar-refractivity contribution in [2.75, 3.05) is 4.90 Å². The molecule has 0 amide bonds. The monoisotopic (exact) mass is 587 g/mol. The van der Waals surface area contributed by atoms with E-state index in [0.717, 1.165) is 44.5 Å². The maximum atomic E-state index is 6.35. The second-order valence-corrected chi connectivity index (χ2v) is 12.2. The first-order valence-corrected chi connectivity index (χ1v) is 15.7. The van der Waals surface area contributed by atoms with Crippen molar-refractivity contribution in [1.82, 2.24) is 8.80 Å². The third-order valence-corrected chi connectivity index (χ3v) is 9.80. The first-order valence-electron chi connectivity index (χ1n) is 15.7. The predicted octanol–water partition coefficient (Wildman–Crippen LogP) is 11.6. The molecule has 0 N–H and O–H groups in total. The summed E-state index contributed by atoms with van der Waals surface area (Å²) in [7, 11) is 0. The van der Waals surface area contributed by atoms with Gasteiger partial charge in [0.05, 0.1) is 33.1 Å². The molecule has 0 saturated heterocycles. The molecule has 0 saturated carbocycles. The summed E-state index contributed by atoms with van der Waals surface area (Å²) < 4.78 is 11.3. The summed E-state index contributed by atoms with van der Waals surface area (Å²) in [5, 5.41) is 7.36. The Hall–Kier alpha value is -6.26. The summed E-state index contributed by atoms with van der Waals surface area (Å²) in [5.41, 5.74) is 12.3. The fraction of sp³-hybridized carbons (Fsp3) is 0. The van der Waals surface area contributed by atoms with Gasteiger partial charge in [0.1, 0.15) is 11.2 Å². The van der Waals surface area contributed by atoms with Crippen molar-refractivity contribution in [3.63, 3.8) is 0 Å². The van der Waals surface area contributed by atoms with Crippen molar-refractivity contribution in [1.29, 1.82) is 0 Å². The number of rotatable bonds is 3. The maximum Gasteiger partial charge on any atom is 0.137 e. The van der Waals surface area contributed by atoms with Gasteiger partial charge in [0.15, 0.2) is 0 Å². The van der Waals surface area contributed by atoms with Crippen LogP contribution >= 0.6 is 0 Å². The summed E-state index contributed by atoms with van der Waals surface area (Å²) in [5.74, 6) is 0. The minimum absolute atomic E-state index is 0.880. The molecule has 0 spiro atoms. The molecular formula is C42H25N3O. The summed E-state index contributed by atoms with van der Waals surface area (Å²) in [6, 6.07) is 54.5. The van der Waals surface area contributed by atoms with E-state index in [0.29, 0.717) is 0 Å². The molecule has 0 unspecified atom stereocenters. The van der Waals surface area contributed by atoms with Crippen LogP contribution < -0.4 is 4.90 Å². The summed E-state index contributed by atoms with van der Waals surface area (Å²) in [6.07, 6.45) is 0. The third kappa shape index (κ3) is 3.03. The molecule has 214 valence electrons. The molecule has 0 radical (unpaired) electrons. The van der Waals surface area contributed by atoms with Gasteiger partial charge in [-0.15, -0.1) is 0 Å². The Balaban J connectivity index is 1.27. The van der Waals surface area contributed by atoms with Crippen LogP contribution in [0.5, 0.6) is 0 Å². The van der Waals surface area contributed by atoms with Crippen LogP contribution in [0.2, 0.25) is 0 Å². The normalized spacial score (nSPS) is 12.3. The minimum atomic E-state index is 0.880. The molecular weight excluding hydrogens is 562 g/mol. The van der Waals surface area contributed by atoms with Crippen LogP contribution in [0.1, 0.15) is 0 Å². The molecule has 4 heterocycles. The number of hydrogen-bond acceptors (Lipinski definition) is 2. The van der Waals surface area contributed by atoms with E-state index in [1.165, 1.54) is 49.1 Å². The number of aromatic nitrogens is 2. The Bertz CT molecular complexity index is 2980. The highest BCUT2D eigenvalue weighted by atomic mass is 16.3. The van der Waals surface area contributed by atoms with Gasteiger partial charge < -0.3 is 18.1 Å². The van der Waals surface area contributed by atoms with E-state index in [2.05, 4.69) is 153 Å². The molecule has 0 bridgehead atoms. The lowest BCUT2D eigenvalue weighted by Gasteiger charge is -2.26. The number of anilines is 3. The quantitative estimate of drug-likeness (QED) is 0.192. The molecule has 11 aromatic rings. The largest absolute Gasteiger partial charge is 0.456 e. The van der Waals surface area contributed by atoms with E-state index in [9.17, 15) is 0 Å². The fourth-order valence-corrected chi connectivity index (χ4v) is 7.90. The molecule has 0 atom stereocenters. The van der Waals surface area contributed by atoms with Gasteiger partial charge in [-0.3, -0.25) is 0 Å². The zero-order valence-corrected chi connectivity index (χ0v) is 24.7. The Labute approximate surface area is 262 Å². The maximum absolute atomic E-state index is 6.35. The highest BCUT2D eigenvalue weighted by molar-refractivity contribution is 6.25. The van der Waals surface area contributed by atoms with Crippen LogP contribution in [-0.4, -0.2) is 8.80 Å². The number of fused-ring (bicyclic) bond motifs is 12. The van der Waals surface area contributed by atoms with Gasteiger partial charge in [-0.05, 0) is 60.7 Å². The Morgan fingerprint density at radius 3 is 1.63 bits per heavy atom. The van der Waals surface area contributed by atoms with Gasteiger partial charge in [0, 0.05) is 55.4 Å². The second kappa shape index (κ2) is 8.68. The van der Waals surface area contributed by atoms with E-state index in [1.807, 2.05) is 12.1 Å². The van der Waals surface area contributed by atoms with Gasteiger partial charge in [-0.1, -0.05) is 84.9 Å². The lowest BCUT2D eigenvalue weighted by atomic mass is 10.1. The van der Waals surface area contributed by atoms with Crippen LogP contribution in [0.15, 0.2) is 156 Å². The van der Waals surface area contributed by atoms with Crippen molar-refractivity contribution in [2.45, 2.75) is 0 Å². The number of benzene rings is 7. The van der Waals surface area contributed by atoms with Crippen molar-refractivity contribution in [2.24, 2.45) is 0 Å². The van der Waals surface area contributed by atoms with E-state index < -0.39 is 0 Å². The SMILES string of the molecule is c1ccc(N(c2ccc3c(c2)oc2ccccc23)c2ccc3c(c2)n2c4ccccc4c4ccc5c6ccccc6n3c5c42)cc1. The lowest BCUT2D eigenvalue weighted by molar-refractivity contribution is 0.669. The van der Waals surface area contributed by atoms with Crippen LogP contribution in [0.25, 0.3) is 76.6 Å². The minimum Gasteiger partial charge on any atom is -0.456 e. The Morgan fingerprint density at radius 1 is 0.348 bits per heavy atom. The first-order chi connectivity index (χ1) is 22.8. The zero-order chi connectivity index (χ0) is 29.9. The van der Waals surface area contributed by atoms with Gasteiger partial charge in [-0.25, -0.2) is 0 Å². The molecule has 4 nitrogen and oxygen atoms in total. The Morgan fingerprint density at radius 2 is 0.891 bits per heavy atom. The molecule has 46 heavy (non-hydrogen) atoms. The first kappa shape index (κ1) is 24.1. The smallest absolute Gasteiger partial charge is 0.137 e. The molecule has 11 rings (SSSR count). The number of para-hydroxylation sites is 4. The van der Waals surface area contributed by atoms with E-state index in [4.69, 9.17) is 4.42 Å². The summed E-state index contributed by atoms with van der Waals surface area (Å²) in [6.45, 7) is 0. The molecule has 7 aromatic carbocycles. The lowest BCUT2D eigenvalue weighted by Crippen LogP contribution is -2.10. The molecule has 0 aliphatic heterocycles. The third-order valence-electron chi connectivity index (χ3n) is 9.80. The van der Waals surface area contributed by atoms with Gasteiger partial charge >= 0.3 is 0 Å². The van der Waals surface area contributed by atoms with Crippen LogP contribution in [0.4, 0.5) is 17.1 Å². The molecule has 4 heteroatoms. The highest BCUT2D eigenvalue weighted by Crippen LogP contribution is 2.44. The molecule has 0 aliphatic rings. The highest BCUT2D eigenvalue weighted by Gasteiger charge is 2.23. The molecule has 0 fully saturated rings. The molecule has 4 aromatic heterocycles. The Kier molecular flexibility index (Phi) is 4.55.